The van der Waals surface area contributed by atoms with Crippen LogP contribution in [0.3, 0.4) is 0 Å². The summed E-state index contributed by atoms with van der Waals surface area (Å²) in [6.45, 7) is 2.56. The molecule has 0 saturated heterocycles. The Morgan fingerprint density at radius 3 is 2.73 bits per heavy atom. The number of thiophene rings is 1. The van der Waals surface area contributed by atoms with E-state index in [-0.39, 0.29) is 6.54 Å². The molecular formula is C9H14N2O2S2. The molecule has 4 nitrogen and oxygen atoms in total. The highest BCUT2D eigenvalue weighted by Crippen LogP contribution is 2.19. The molecule has 0 bridgehead atoms. The molecule has 0 saturated carbocycles. The summed E-state index contributed by atoms with van der Waals surface area (Å²) in [4.78, 5) is 0.980. The van der Waals surface area contributed by atoms with E-state index in [1.54, 1.807) is 24.3 Å². The lowest BCUT2D eigenvalue weighted by molar-refractivity contribution is 0.587. The summed E-state index contributed by atoms with van der Waals surface area (Å²) in [5, 5.41) is 0. The van der Waals surface area contributed by atoms with E-state index in [1.807, 2.05) is 6.92 Å². The number of aryl methyl sites for hydroxylation is 1. The fourth-order valence-electron chi connectivity index (χ4n) is 0.965. The third-order valence-electron chi connectivity index (χ3n) is 1.67. The number of hydrogen-bond acceptors (Lipinski definition) is 4. The van der Waals surface area contributed by atoms with E-state index >= 15 is 0 Å². The minimum atomic E-state index is -3.34. The third kappa shape index (κ3) is 3.75. The SMILES string of the molecule is Cc1ccc(S(=O)(=O)NC/C=C/CN)s1. The van der Waals surface area contributed by atoms with Gasteiger partial charge in [0.2, 0.25) is 10.0 Å². The van der Waals surface area contributed by atoms with Gasteiger partial charge in [0.15, 0.2) is 0 Å². The van der Waals surface area contributed by atoms with Crippen molar-refractivity contribution in [3.63, 3.8) is 0 Å². The molecule has 0 unspecified atom stereocenters. The van der Waals surface area contributed by atoms with E-state index in [0.29, 0.717) is 10.8 Å². The van der Waals surface area contributed by atoms with Gasteiger partial charge in [-0.25, -0.2) is 13.1 Å². The molecule has 0 atom stereocenters. The molecule has 0 aliphatic carbocycles. The summed E-state index contributed by atoms with van der Waals surface area (Å²) in [5.74, 6) is 0. The van der Waals surface area contributed by atoms with Gasteiger partial charge in [-0.05, 0) is 19.1 Å². The van der Waals surface area contributed by atoms with Crippen LogP contribution in [0.1, 0.15) is 4.88 Å². The van der Waals surface area contributed by atoms with Crippen molar-refractivity contribution in [2.45, 2.75) is 11.1 Å². The Labute approximate surface area is 93.9 Å². The second-order valence-electron chi connectivity index (χ2n) is 2.92. The summed E-state index contributed by atoms with van der Waals surface area (Å²) in [7, 11) is -3.34. The number of sulfonamides is 1. The Kier molecular flexibility index (Phi) is 4.46. The Morgan fingerprint density at radius 1 is 1.47 bits per heavy atom. The van der Waals surface area contributed by atoms with Crippen LogP contribution in [0.5, 0.6) is 0 Å². The van der Waals surface area contributed by atoms with Crippen molar-refractivity contribution in [3.8, 4) is 0 Å². The van der Waals surface area contributed by atoms with Gasteiger partial charge in [0.1, 0.15) is 4.21 Å². The van der Waals surface area contributed by atoms with Gasteiger partial charge in [-0.15, -0.1) is 11.3 Å². The molecule has 1 aromatic rings. The Bertz CT molecular complexity index is 435. The van der Waals surface area contributed by atoms with Gasteiger partial charge in [0.05, 0.1) is 0 Å². The maximum atomic E-state index is 11.6. The molecule has 0 fully saturated rings. The quantitative estimate of drug-likeness (QED) is 0.757. The van der Waals surface area contributed by atoms with Gasteiger partial charge in [-0.1, -0.05) is 12.2 Å². The molecule has 15 heavy (non-hydrogen) atoms. The topological polar surface area (TPSA) is 72.2 Å². The minimum Gasteiger partial charge on any atom is -0.327 e. The molecule has 1 rings (SSSR count). The van der Waals surface area contributed by atoms with Crippen LogP contribution in [0.4, 0.5) is 0 Å². The van der Waals surface area contributed by atoms with Crippen LogP contribution >= 0.6 is 11.3 Å². The number of nitrogens with one attached hydrogen (secondary N) is 1. The maximum Gasteiger partial charge on any atom is 0.250 e. The Hall–Kier alpha value is -0.690. The van der Waals surface area contributed by atoms with E-state index in [9.17, 15) is 8.42 Å². The van der Waals surface area contributed by atoms with Crippen molar-refractivity contribution in [3.05, 3.63) is 29.2 Å². The van der Waals surface area contributed by atoms with Crippen LogP contribution in [0.15, 0.2) is 28.5 Å². The lowest BCUT2D eigenvalue weighted by Crippen LogP contribution is -2.22. The predicted octanol–water partition coefficient (Wildman–Crippen LogP) is 0.850. The van der Waals surface area contributed by atoms with Crippen molar-refractivity contribution >= 4 is 21.4 Å². The Morgan fingerprint density at radius 2 is 2.20 bits per heavy atom. The highest BCUT2D eigenvalue weighted by Gasteiger charge is 2.14. The van der Waals surface area contributed by atoms with Gasteiger partial charge < -0.3 is 5.73 Å². The molecule has 0 aliphatic rings. The molecule has 0 amide bonds. The molecule has 0 aliphatic heterocycles. The zero-order valence-electron chi connectivity index (χ0n) is 8.43. The zero-order valence-corrected chi connectivity index (χ0v) is 10.1. The maximum absolute atomic E-state index is 11.6. The highest BCUT2D eigenvalue weighted by atomic mass is 32.2. The van der Waals surface area contributed by atoms with Crippen LogP contribution in [0, 0.1) is 6.92 Å². The standard InChI is InChI=1S/C9H14N2O2S2/c1-8-4-5-9(14-8)15(12,13)11-7-3-2-6-10/h2-5,11H,6-7,10H2,1H3/b3-2+. The molecule has 0 aromatic carbocycles. The van der Waals surface area contributed by atoms with Crippen LogP contribution < -0.4 is 10.5 Å². The molecular weight excluding hydrogens is 232 g/mol. The second-order valence-corrected chi connectivity index (χ2v) is 6.21. The first-order valence-corrected chi connectivity index (χ1v) is 6.77. The number of hydrogen-bond donors (Lipinski definition) is 2. The minimum absolute atomic E-state index is 0.274. The molecule has 6 heteroatoms. The summed E-state index contributed by atoms with van der Waals surface area (Å²) in [6, 6.07) is 3.39. The van der Waals surface area contributed by atoms with E-state index in [2.05, 4.69) is 4.72 Å². The van der Waals surface area contributed by atoms with E-state index in [0.717, 1.165) is 4.88 Å². The lowest BCUT2D eigenvalue weighted by atomic mass is 10.5. The fraction of sp³-hybridized carbons (Fsp3) is 0.333. The molecule has 0 radical (unpaired) electrons. The molecule has 0 spiro atoms. The summed E-state index contributed by atoms with van der Waals surface area (Å²) < 4.78 is 26.1. The number of rotatable bonds is 5. The van der Waals surface area contributed by atoms with Crippen molar-refractivity contribution in [1.29, 1.82) is 0 Å². The average Bonchev–Trinajstić information content (AvgIpc) is 2.60. The van der Waals surface area contributed by atoms with Crippen molar-refractivity contribution < 1.29 is 8.42 Å². The molecule has 3 N–H and O–H groups in total. The normalized spacial score (nSPS) is 12.4. The van der Waals surface area contributed by atoms with E-state index in [4.69, 9.17) is 5.73 Å². The van der Waals surface area contributed by atoms with E-state index in [1.165, 1.54) is 11.3 Å². The van der Waals surface area contributed by atoms with E-state index < -0.39 is 10.0 Å². The summed E-state index contributed by atoms with van der Waals surface area (Å²) in [6.07, 6.45) is 3.40. The largest absolute Gasteiger partial charge is 0.327 e. The first-order valence-electron chi connectivity index (χ1n) is 4.47. The molecule has 84 valence electrons. The first kappa shape index (κ1) is 12.4. The van der Waals surface area contributed by atoms with Crippen molar-refractivity contribution in [1.82, 2.24) is 4.72 Å². The van der Waals surface area contributed by atoms with Crippen molar-refractivity contribution in [2.24, 2.45) is 5.73 Å². The van der Waals surface area contributed by atoms with Gasteiger partial charge >= 0.3 is 0 Å². The second kappa shape index (κ2) is 5.41. The van der Waals surface area contributed by atoms with Crippen molar-refractivity contribution in [2.75, 3.05) is 13.1 Å². The highest BCUT2D eigenvalue weighted by molar-refractivity contribution is 7.91. The Balaban J connectivity index is 2.64. The number of nitrogens with two attached hydrogens (primary N) is 1. The molecule has 1 aromatic heterocycles. The monoisotopic (exact) mass is 246 g/mol. The third-order valence-corrected chi connectivity index (χ3v) is 4.59. The van der Waals surface area contributed by atoms with Crippen LogP contribution in [-0.4, -0.2) is 21.5 Å². The van der Waals surface area contributed by atoms with Crippen LogP contribution in [0.25, 0.3) is 0 Å². The van der Waals surface area contributed by atoms with Gasteiger partial charge in [-0.3, -0.25) is 0 Å². The lowest BCUT2D eigenvalue weighted by Gasteiger charge is -2.00. The fourth-order valence-corrected chi connectivity index (χ4v) is 3.27. The average molecular weight is 246 g/mol. The van der Waals surface area contributed by atoms with Gasteiger partial charge in [-0.2, -0.15) is 0 Å². The smallest absolute Gasteiger partial charge is 0.250 e. The van der Waals surface area contributed by atoms with Gasteiger partial charge in [0.25, 0.3) is 0 Å². The van der Waals surface area contributed by atoms with Crippen LogP contribution in [0.2, 0.25) is 0 Å². The molecule has 1 heterocycles. The predicted molar refractivity (Wildman–Crippen MR) is 62.4 cm³/mol. The van der Waals surface area contributed by atoms with Crippen LogP contribution in [-0.2, 0) is 10.0 Å². The summed E-state index contributed by atoms with van der Waals surface area (Å²) in [5.41, 5.74) is 5.23. The first-order chi connectivity index (χ1) is 7.06. The zero-order chi connectivity index (χ0) is 11.3. The van der Waals surface area contributed by atoms with Gasteiger partial charge in [0, 0.05) is 18.0 Å². The summed E-state index contributed by atoms with van der Waals surface area (Å²) >= 11 is 1.26.